The van der Waals surface area contributed by atoms with Crippen LogP contribution in [0.25, 0.3) is 98.2 Å². The summed E-state index contributed by atoms with van der Waals surface area (Å²) in [5, 5.41) is 7.23. The normalized spacial score (nSPS) is 14.6. The van der Waals surface area contributed by atoms with E-state index in [0.717, 1.165) is 38.6 Å². The summed E-state index contributed by atoms with van der Waals surface area (Å²) in [5.41, 5.74) is 9.49. The van der Waals surface area contributed by atoms with Gasteiger partial charge in [0.25, 0.3) is 0 Å². The topological polar surface area (TPSA) is 51.8 Å². The van der Waals surface area contributed by atoms with Crippen LogP contribution in [0.15, 0.2) is 144 Å². The summed E-state index contributed by atoms with van der Waals surface area (Å²) in [6.45, 7) is 9.59. The molecule has 5 heteroatoms. The number of furan rings is 1. The molecular formula is C49H35N3OS. The number of aromatic nitrogens is 3. The number of nitrogens with zero attached hydrogens (tertiary/aromatic N) is 3. The maximum Gasteiger partial charge on any atom is 0.164 e. The van der Waals surface area contributed by atoms with Gasteiger partial charge in [-0.25, -0.2) is 15.0 Å². The first-order chi connectivity index (χ1) is 26.3. The Morgan fingerprint density at radius 3 is 1.96 bits per heavy atom. The van der Waals surface area contributed by atoms with Crippen LogP contribution < -0.4 is 0 Å². The molecule has 11 rings (SSSR count). The van der Waals surface area contributed by atoms with Crippen molar-refractivity contribution in [3.05, 3.63) is 151 Å². The fraction of sp³-hybridized carbons (Fsp3) is 0.122. The molecule has 4 nitrogen and oxygen atoms in total. The fourth-order valence-corrected chi connectivity index (χ4v) is 9.91. The number of rotatable bonds is 3. The van der Waals surface area contributed by atoms with E-state index in [0.29, 0.717) is 17.5 Å². The molecule has 0 spiro atoms. The van der Waals surface area contributed by atoms with Crippen molar-refractivity contribution in [3.8, 4) is 45.3 Å². The largest absolute Gasteiger partial charge is 0.456 e. The van der Waals surface area contributed by atoms with Gasteiger partial charge in [0, 0.05) is 47.6 Å². The smallest absolute Gasteiger partial charge is 0.164 e. The Kier molecular flexibility index (Phi) is 6.49. The van der Waals surface area contributed by atoms with Crippen molar-refractivity contribution in [2.45, 2.75) is 38.5 Å². The molecule has 0 amide bonds. The highest BCUT2D eigenvalue weighted by molar-refractivity contribution is 7.26. The van der Waals surface area contributed by atoms with Crippen molar-refractivity contribution in [2.24, 2.45) is 0 Å². The van der Waals surface area contributed by atoms with Gasteiger partial charge in [0.05, 0.1) is 0 Å². The Hall–Kier alpha value is -6.17. The molecule has 0 N–H and O–H groups in total. The van der Waals surface area contributed by atoms with Crippen molar-refractivity contribution >= 4 is 64.2 Å². The van der Waals surface area contributed by atoms with Crippen LogP contribution in [0.3, 0.4) is 0 Å². The summed E-state index contributed by atoms with van der Waals surface area (Å²) in [6, 6.07) is 49.6. The first-order valence-corrected chi connectivity index (χ1v) is 19.3. The molecule has 3 aromatic heterocycles. The number of benzene rings is 7. The second kappa shape index (κ2) is 11.2. The lowest BCUT2D eigenvalue weighted by Gasteiger charge is -2.48. The van der Waals surface area contributed by atoms with Crippen molar-refractivity contribution in [1.82, 2.24) is 15.0 Å². The predicted molar refractivity (Wildman–Crippen MR) is 225 cm³/mol. The maximum absolute atomic E-state index is 6.29. The van der Waals surface area contributed by atoms with Gasteiger partial charge in [0.1, 0.15) is 11.2 Å². The molecule has 0 radical (unpaired) electrons. The molecule has 0 atom stereocenters. The molecular weight excluding hydrogens is 679 g/mol. The van der Waals surface area contributed by atoms with E-state index in [1.165, 1.54) is 53.2 Å². The van der Waals surface area contributed by atoms with Crippen molar-refractivity contribution in [2.75, 3.05) is 0 Å². The Bertz CT molecular complexity index is 3170. The molecule has 0 aliphatic heterocycles. The Balaban J connectivity index is 1.19. The van der Waals surface area contributed by atoms with Crippen LogP contribution >= 0.6 is 11.3 Å². The molecule has 0 saturated carbocycles. The van der Waals surface area contributed by atoms with E-state index in [9.17, 15) is 0 Å². The fourth-order valence-electron chi connectivity index (χ4n) is 8.77. The number of thiophene rings is 1. The second-order valence-corrected chi connectivity index (χ2v) is 16.7. The first-order valence-electron chi connectivity index (χ1n) is 18.5. The molecule has 258 valence electrons. The second-order valence-electron chi connectivity index (χ2n) is 15.6. The van der Waals surface area contributed by atoms with E-state index in [4.69, 9.17) is 19.4 Å². The summed E-state index contributed by atoms with van der Waals surface area (Å²) in [7, 11) is 0. The summed E-state index contributed by atoms with van der Waals surface area (Å²) in [6.07, 6.45) is 0. The average molecular weight is 714 g/mol. The Morgan fingerprint density at radius 2 is 1.13 bits per heavy atom. The minimum Gasteiger partial charge on any atom is -0.456 e. The molecule has 1 aliphatic carbocycles. The van der Waals surface area contributed by atoms with Gasteiger partial charge in [0.2, 0.25) is 0 Å². The zero-order chi connectivity index (χ0) is 36.3. The zero-order valence-corrected chi connectivity index (χ0v) is 31.3. The molecule has 10 aromatic rings. The minimum absolute atomic E-state index is 0.122. The molecule has 0 bridgehead atoms. The van der Waals surface area contributed by atoms with E-state index >= 15 is 0 Å². The van der Waals surface area contributed by atoms with Crippen molar-refractivity contribution < 1.29 is 4.42 Å². The lowest BCUT2D eigenvalue weighted by Crippen LogP contribution is -2.43. The third-order valence-electron chi connectivity index (χ3n) is 12.3. The highest BCUT2D eigenvalue weighted by atomic mass is 32.1. The van der Waals surface area contributed by atoms with Gasteiger partial charge >= 0.3 is 0 Å². The molecule has 1 aliphatic rings. The lowest BCUT2D eigenvalue weighted by atomic mass is 9.55. The van der Waals surface area contributed by atoms with E-state index in [1.807, 2.05) is 59.9 Å². The van der Waals surface area contributed by atoms with Crippen LogP contribution in [0.2, 0.25) is 0 Å². The molecule has 54 heavy (non-hydrogen) atoms. The maximum atomic E-state index is 6.29. The molecule has 0 saturated heterocycles. The van der Waals surface area contributed by atoms with Crippen LogP contribution in [0.4, 0.5) is 0 Å². The SMILES string of the molecule is CC1(C)c2ccc(-c3nc(-c4ccccc4)nc(-c4cccc5oc6ccccc6c45)n3)cc2-c2c(ccc3sc4cc5ccccc5cc4c23)C1(C)C. The monoisotopic (exact) mass is 713 g/mol. The van der Waals surface area contributed by atoms with E-state index in [2.05, 4.69) is 119 Å². The third-order valence-corrected chi connectivity index (χ3v) is 13.4. The van der Waals surface area contributed by atoms with Gasteiger partial charge < -0.3 is 4.42 Å². The standard InChI is InChI=1S/C49H35N3OS/c1-48(2)36-22-21-31(26-34(36)43-37(49(48,3)4)23-24-40-44(43)35-25-29-15-8-9-16-30(29)27-41(35)54-40)46-50-45(28-13-6-5-7-14-28)51-47(52-46)33-18-12-20-39-42(33)32-17-10-11-19-38(32)53-39/h5-27H,1-4H3. The summed E-state index contributed by atoms with van der Waals surface area (Å²) in [4.78, 5) is 15.6. The summed E-state index contributed by atoms with van der Waals surface area (Å²) >= 11 is 1.89. The Morgan fingerprint density at radius 1 is 0.463 bits per heavy atom. The van der Waals surface area contributed by atoms with Crippen LogP contribution in [-0.4, -0.2) is 15.0 Å². The quantitative estimate of drug-likeness (QED) is 0.183. The third kappa shape index (κ3) is 4.39. The van der Waals surface area contributed by atoms with Gasteiger partial charge in [-0.2, -0.15) is 0 Å². The van der Waals surface area contributed by atoms with Crippen LogP contribution in [0, 0.1) is 0 Å². The number of hydrogen-bond donors (Lipinski definition) is 0. The van der Waals surface area contributed by atoms with Crippen LogP contribution in [0.1, 0.15) is 38.8 Å². The summed E-state index contributed by atoms with van der Waals surface area (Å²) < 4.78 is 8.91. The van der Waals surface area contributed by atoms with Crippen LogP contribution in [-0.2, 0) is 10.8 Å². The summed E-state index contributed by atoms with van der Waals surface area (Å²) in [5.74, 6) is 1.90. The molecule has 3 heterocycles. The van der Waals surface area contributed by atoms with Gasteiger partial charge in [-0.05, 0) is 80.3 Å². The number of para-hydroxylation sites is 1. The number of hydrogen-bond acceptors (Lipinski definition) is 5. The minimum atomic E-state index is -0.141. The van der Waals surface area contributed by atoms with Crippen molar-refractivity contribution in [3.63, 3.8) is 0 Å². The first kappa shape index (κ1) is 31.4. The van der Waals surface area contributed by atoms with Gasteiger partial charge in [-0.15, -0.1) is 11.3 Å². The molecule has 0 unspecified atom stereocenters. The van der Waals surface area contributed by atoms with Crippen molar-refractivity contribution in [1.29, 1.82) is 0 Å². The average Bonchev–Trinajstić information content (AvgIpc) is 3.77. The Labute approximate surface area is 316 Å². The molecule has 7 aromatic carbocycles. The highest BCUT2D eigenvalue weighted by Crippen LogP contribution is 2.57. The van der Waals surface area contributed by atoms with E-state index < -0.39 is 0 Å². The van der Waals surface area contributed by atoms with Crippen LogP contribution in [0.5, 0.6) is 0 Å². The predicted octanol–water partition coefficient (Wildman–Crippen LogP) is 13.5. The zero-order valence-electron chi connectivity index (χ0n) is 30.4. The van der Waals surface area contributed by atoms with Gasteiger partial charge in [-0.1, -0.05) is 131 Å². The van der Waals surface area contributed by atoms with Gasteiger partial charge in [0.15, 0.2) is 17.5 Å². The van der Waals surface area contributed by atoms with Gasteiger partial charge in [-0.3, -0.25) is 0 Å². The molecule has 0 fully saturated rings. The lowest BCUT2D eigenvalue weighted by molar-refractivity contribution is 0.299. The van der Waals surface area contributed by atoms with E-state index in [-0.39, 0.29) is 10.8 Å². The van der Waals surface area contributed by atoms with E-state index in [1.54, 1.807) is 0 Å². The number of fused-ring (bicyclic) bond motifs is 11. The highest BCUT2D eigenvalue weighted by Gasteiger charge is 2.46.